The monoisotopic (exact) mass is 429 g/mol. The van der Waals surface area contributed by atoms with Gasteiger partial charge in [0.15, 0.2) is 16.7 Å². The minimum absolute atomic E-state index is 0. The van der Waals surface area contributed by atoms with Gasteiger partial charge in [0, 0.05) is 4.90 Å². The Kier molecular flexibility index (Phi) is 10.7. The normalized spacial score (nSPS) is 12.6. The van der Waals surface area contributed by atoms with E-state index in [1.165, 1.54) is 12.1 Å². The van der Waals surface area contributed by atoms with Crippen LogP contribution in [0, 0.1) is 0 Å². The molecule has 0 fully saturated rings. The number of alkyl halides is 6. The Morgan fingerprint density at radius 2 is 1.40 bits per heavy atom. The van der Waals surface area contributed by atoms with Crippen LogP contribution in [0.3, 0.4) is 0 Å². The smallest absolute Gasteiger partial charge is 0.400 e. The number of thioether (sulfide) groups is 1. The number of hydrogen-bond acceptors (Lipinski definition) is 5. The summed E-state index contributed by atoms with van der Waals surface area (Å²) in [6.45, 7) is -1.63. The third-order valence-corrected chi connectivity index (χ3v) is 4.64. The minimum Gasteiger partial charge on any atom is -0.400 e. The fourth-order valence-corrected chi connectivity index (χ4v) is 2.82. The molecule has 0 radical (unpaired) electrons. The van der Waals surface area contributed by atoms with Crippen LogP contribution < -0.4 is 18.9 Å². The van der Waals surface area contributed by atoms with E-state index in [0.29, 0.717) is 4.90 Å². The van der Waals surface area contributed by atoms with Gasteiger partial charge >= 0.3 is 29.6 Å². The maximum absolute atomic E-state index is 12.4. The van der Waals surface area contributed by atoms with Crippen LogP contribution in [-0.4, -0.2) is 34.3 Å². The molecular weight excluding hydrogens is 422 g/mol. The van der Waals surface area contributed by atoms with Crippen LogP contribution in [0.2, 0.25) is 0 Å². The molecule has 0 saturated carbocycles. The Bertz CT molecular complexity index is 725. The minimum atomic E-state index is -6.29. The average Bonchev–Trinajstić information content (AvgIpc) is 2.36. The topological polar surface area (TPSA) is 82.4 Å². The molecule has 0 aliphatic heterocycles. The number of hydrogen-bond donors (Lipinski definition) is 0. The maximum atomic E-state index is 12.4. The average molecular weight is 429 g/mol. The van der Waals surface area contributed by atoms with Gasteiger partial charge in [-0.3, -0.25) is 0 Å². The van der Waals surface area contributed by atoms with Crippen LogP contribution in [0.5, 0.6) is 0 Å². The fourth-order valence-electron chi connectivity index (χ4n) is 0.848. The first-order chi connectivity index (χ1) is 10.6. The van der Waals surface area contributed by atoms with Crippen molar-refractivity contribution in [2.75, 3.05) is 6.67 Å². The second-order valence-electron chi connectivity index (χ2n) is 3.59. The van der Waals surface area contributed by atoms with Crippen LogP contribution in [0.1, 0.15) is 0 Å². The van der Waals surface area contributed by atoms with E-state index in [0.717, 1.165) is 4.13 Å². The summed E-state index contributed by atoms with van der Waals surface area (Å²) in [6.07, 6.45) is 0. The Morgan fingerprint density at radius 3 is 1.68 bits per heavy atom. The molecule has 0 aliphatic carbocycles. The molecule has 1 rings (SSSR count). The Hall–Kier alpha value is -0.463. The van der Waals surface area contributed by atoms with Crippen molar-refractivity contribution in [3.63, 3.8) is 0 Å². The zero-order chi connectivity index (χ0) is 19.2. The first-order valence-electron chi connectivity index (χ1n) is 5.27. The second kappa shape index (κ2) is 10.0. The number of halogens is 7. The van der Waals surface area contributed by atoms with Crippen molar-refractivity contribution >= 4 is 32.2 Å². The molecule has 0 unspecified atom stereocenters. The van der Waals surface area contributed by atoms with Gasteiger partial charge in [0.05, 0.1) is 0 Å². The van der Waals surface area contributed by atoms with Crippen LogP contribution in [0.25, 0.3) is 4.13 Å². The molecule has 0 atom stereocenters. The van der Waals surface area contributed by atoms with Crippen LogP contribution in [-0.2, 0) is 20.4 Å². The van der Waals surface area contributed by atoms with Gasteiger partial charge in [-0.15, -0.1) is 3.89 Å². The van der Waals surface area contributed by atoms with Crippen molar-refractivity contribution in [2.24, 2.45) is 0 Å². The quantitative estimate of drug-likeness (QED) is 0.299. The fraction of sp³-hybridized carbons (Fsp3) is 0.333. The van der Waals surface area contributed by atoms with Crippen molar-refractivity contribution in [3.8, 4) is 0 Å². The molecule has 0 heterocycles. The molecule has 16 heteroatoms. The molecule has 0 bridgehead atoms. The number of nitrogens with zero attached hydrogens (tertiary/aromatic N) is 1. The standard InChI is InChI=1S/C8H7F3S.CF4NO4S2.Li/c9-6-8(10,11)12-7-4-2-1-3-5-7;2-1(3,4)11(7,8)6-12(5,9)10;/h1-5H,6H2;;/q;-1;+1. The third kappa shape index (κ3) is 11.7. The molecule has 0 aromatic heterocycles. The zero-order valence-corrected chi connectivity index (χ0v) is 14.5. The molecule has 5 nitrogen and oxygen atoms in total. The van der Waals surface area contributed by atoms with Gasteiger partial charge in [0.25, 0.3) is 0 Å². The van der Waals surface area contributed by atoms with E-state index in [-0.39, 0.29) is 30.6 Å². The van der Waals surface area contributed by atoms with E-state index in [4.69, 9.17) is 0 Å². The van der Waals surface area contributed by atoms with Crippen LogP contribution >= 0.6 is 11.8 Å². The summed E-state index contributed by atoms with van der Waals surface area (Å²) < 4.78 is 121. The van der Waals surface area contributed by atoms with E-state index < -0.39 is 37.9 Å². The summed E-state index contributed by atoms with van der Waals surface area (Å²) >= 11 is 0.238. The van der Waals surface area contributed by atoms with Crippen molar-refractivity contribution in [1.29, 1.82) is 0 Å². The van der Waals surface area contributed by atoms with Gasteiger partial charge in [-0.25, -0.2) is 21.2 Å². The Balaban J connectivity index is 0. The first kappa shape index (κ1) is 26.8. The number of benzene rings is 1. The van der Waals surface area contributed by atoms with Crippen molar-refractivity contribution < 1.29 is 65.9 Å². The molecule has 0 aliphatic rings. The summed E-state index contributed by atoms with van der Waals surface area (Å²) in [5, 5.41) is -3.30. The van der Waals surface area contributed by atoms with Gasteiger partial charge in [0.2, 0.25) is 10.4 Å². The van der Waals surface area contributed by atoms with Gasteiger partial charge in [-0.1, -0.05) is 18.2 Å². The molecule has 140 valence electrons. The zero-order valence-electron chi connectivity index (χ0n) is 12.0. The SMILES string of the molecule is FCC(F)(F)Sc1ccccc1.O=S(=O)(F)[N-]S(=O)(=O)C(F)(F)F.[Li+]. The molecule has 0 amide bonds. The maximum Gasteiger partial charge on any atom is 1.00 e. The van der Waals surface area contributed by atoms with Crippen LogP contribution in [0.4, 0.5) is 30.2 Å². The predicted octanol–water partition coefficient (Wildman–Crippen LogP) is 0.769. The first-order valence-corrected chi connectivity index (χ1v) is 8.87. The van der Waals surface area contributed by atoms with E-state index in [1.54, 1.807) is 18.2 Å². The van der Waals surface area contributed by atoms with E-state index in [9.17, 15) is 47.1 Å². The van der Waals surface area contributed by atoms with E-state index in [2.05, 4.69) is 0 Å². The van der Waals surface area contributed by atoms with Gasteiger partial charge in [0.1, 0.15) is 0 Å². The summed E-state index contributed by atoms with van der Waals surface area (Å²) in [5.74, 6) is 0. The summed E-state index contributed by atoms with van der Waals surface area (Å²) in [4.78, 5) is 0.375. The molecule has 0 spiro atoms. The summed E-state index contributed by atoms with van der Waals surface area (Å²) in [6, 6.07) is 8.04. The molecule has 25 heavy (non-hydrogen) atoms. The second-order valence-corrected chi connectivity index (χ2v) is 7.70. The van der Waals surface area contributed by atoms with Crippen molar-refractivity contribution in [1.82, 2.24) is 0 Å². The largest absolute Gasteiger partial charge is 1.00 e. The molecule has 0 saturated heterocycles. The van der Waals surface area contributed by atoms with Crippen LogP contribution in [0.15, 0.2) is 35.2 Å². The van der Waals surface area contributed by atoms with E-state index >= 15 is 0 Å². The van der Waals surface area contributed by atoms with Crippen molar-refractivity contribution in [3.05, 3.63) is 34.5 Å². The van der Waals surface area contributed by atoms with Crippen molar-refractivity contribution in [2.45, 2.75) is 15.7 Å². The van der Waals surface area contributed by atoms with Gasteiger partial charge in [-0.2, -0.15) is 22.0 Å². The van der Waals surface area contributed by atoms with Gasteiger partial charge < -0.3 is 4.13 Å². The number of rotatable bonds is 5. The third-order valence-electron chi connectivity index (χ3n) is 1.65. The number of sulfonamides is 1. The molecule has 0 N–H and O–H groups in total. The Morgan fingerprint density at radius 1 is 0.960 bits per heavy atom. The molecule has 1 aromatic carbocycles. The van der Waals surface area contributed by atoms with Gasteiger partial charge in [-0.05, 0) is 23.9 Å². The summed E-state index contributed by atoms with van der Waals surface area (Å²) in [7, 11) is -12.3. The van der Waals surface area contributed by atoms with E-state index in [1.807, 2.05) is 0 Å². The molecule has 1 aromatic rings. The summed E-state index contributed by atoms with van der Waals surface area (Å²) in [5.41, 5.74) is -5.91. The Labute approximate surface area is 154 Å². The predicted molar refractivity (Wildman–Crippen MR) is 71.6 cm³/mol. The molecular formula is C9H7F7LiNO4S3.